The van der Waals surface area contributed by atoms with Crippen LogP contribution in [0.3, 0.4) is 0 Å². The number of likely N-dealkylation sites (N-methyl/N-ethyl adjacent to an activating group) is 2. The molecule has 78 valence electrons. The first-order chi connectivity index (χ1) is 5.67. The van der Waals surface area contributed by atoms with Crippen LogP contribution >= 0.6 is 0 Å². The lowest BCUT2D eigenvalue weighted by molar-refractivity contribution is 0.0527. The number of rotatable bonds is 0. The average Bonchev–Trinajstić information content (AvgIpc) is 2.12. The SMILES string of the molecule is CN1CC(C(C)(C)C)N(C)C1(C)C. The first-order valence-corrected chi connectivity index (χ1v) is 5.11. The molecular formula is C11H24N2. The molecular weight excluding hydrogens is 160 g/mol. The lowest BCUT2D eigenvalue weighted by Gasteiger charge is -2.38. The van der Waals surface area contributed by atoms with Crippen molar-refractivity contribution >= 4 is 0 Å². The molecule has 0 aromatic heterocycles. The topological polar surface area (TPSA) is 6.48 Å². The molecule has 0 aromatic rings. The zero-order valence-corrected chi connectivity index (χ0v) is 10.2. The fourth-order valence-corrected chi connectivity index (χ4v) is 2.11. The first-order valence-electron chi connectivity index (χ1n) is 5.11. The monoisotopic (exact) mass is 184 g/mol. The molecule has 2 heteroatoms. The normalized spacial score (nSPS) is 31.2. The van der Waals surface area contributed by atoms with Gasteiger partial charge in [-0.15, -0.1) is 0 Å². The average molecular weight is 184 g/mol. The van der Waals surface area contributed by atoms with Gasteiger partial charge in [-0.2, -0.15) is 0 Å². The molecule has 1 saturated heterocycles. The molecule has 0 aromatic carbocycles. The standard InChI is InChI=1S/C11H24N2/c1-10(2,3)9-8-12(6)11(4,5)13(9)7/h9H,8H2,1-7H3. The van der Waals surface area contributed by atoms with E-state index in [-0.39, 0.29) is 5.66 Å². The Bertz CT molecular complexity index is 191. The second-order valence-electron chi connectivity index (χ2n) is 5.87. The van der Waals surface area contributed by atoms with Crippen LogP contribution in [0.25, 0.3) is 0 Å². The van der Waals surface area contributed by atoms with Crippen LogP contribution in [0.15, 0.2) is 0 Å². The molecule has 1 unspecified atom stereocenters. The maximum Gasteiger partial charge on any atom is 0.0678 e. The third-order valence-corrected chi connectivity index (χ3v) is 3.71. The largest absolute Gasteiger partial charge is 0.287 e. The summed E-state index contributed by atoms with van der Waals surface area (Å²) in [5, 5.41) is 0. The summed E-state index contributed by atoms with van der Waals surface area (Å²) in [6.07, 6.45) is 0. The van der Waals surface area contributed by atoms with E-state index in [9.17, 15) is 0 Å². The third-order valence-electron chi connectivity index (χ3n) is 3.71. The quantitative estimate of drug-likeness (QED) is 0.568. The molecule has 0 spiro atoms. The van der Waals surface area contributed by atoms with Gasteiger partial charge in [0, 0.05) is 12.6 Å². The Kier molecular flexibility index (Phi) is 2.50. The molecule has 13 heavy (non-hydrogen) atoms. The number of nitrogens with zero attached hydrogens (tertiary/aromatic N) is 2. The van der Waals surface area contributed by atoms with Crippen molar-refractivity contribution in [3.63, 3.8) is 0 Å². The second-order valence-corrected chi connectivity index (χ2v) is 5.87. The van der Waals surface area contributed by atoms with E-state index in [1.807, 2.05) is 0 Å². The minimum atomic E-state index is 0.206. The summed E-state index contributed by atoms with van der Waals surface area (Å²) in [4.78, 5) is 4.93. The van der Waals surface area contributed by atoms with Crippen LogP contribution < -0.4 is 0 Å². The van der Waals surface area contributed by atoms with Crippen LogP contribution in [0.4, 0.5) is 0 Å². The smallest absolute Gasteiger partial charge is 0.0678 e. The van der Waals surface area contributed by atoms with Crippen LogP contribution in [0.2, 0.25) is 0 Å². The summed E-state index contributed by atoms with van der Waals surface area (Å²) in [6, 6.07) is 0.660. The highest BCUT2D eigenvalue weighted by atomic mass is 15.5. The molecule has 1 heterocycles. The molecule has 0 aliphatic carbocycles. The molecule has 2 nitrogen and oxygen atoms in total. The van der Waals surface area contributed by atoms with Gasteiger partial charge in [0.1, 0.15) is 0 Å². The van der Waals surface area contributed by atoms with Gasteiger partial charge in [-0.25, -0.2) is 0 Å². The fraction of sp³-hybridized carbons (Fsp3) is 1.00. The fourth-order valence-electron chi connectivity index (χ4n) is 2.11. The molecule has 1 aliphatic heterocycles. The lowest BCUT2D eigenvalue weighted by Crippen LogP contribution is -2.48. The number of hydrogen-bond acceptors (Lipinski definition) is 2. The predicted octanol–water partition coefficient (Wildman–Crippen LogP) is 2.01. The van der Waals surface area contributed by atoms with E-state index in [0.717, 1.165) is 0 Å². The van der Waals surface area contributed by atoms with Gasteiger partial charge in [0.05, 0.1) is 5.66 Å². The van der Waals surface area contributed by atoms with Crippen molar-refractivity contribution in [2.45, 2.75) is 46.3 Å². The molecule has 1 atom stereocenters. The Morgan fingerprint density at radius 3 is 1.77 bits per heavy atom. The highest BCUT2D eigenvalue weighted by Gasteiger charge is 2.45. The van der Waals surface area contributed by atoms with Gasteiger partial charge in [-0.05, 0) is 33.4 Å². The van der Waals surface area contributed by atoms with E-state index < -0.39 is 0 Å². The second kappa shape index (κ2) is 2.96. The van der Waals surface area contributed by atoms with Crippen molar-refractivity contribution in [1.29, 1.82) is 0 Å². The van der Waals surface area contributed by atoms with Gasteiger partial charge in [-0.1, -0.05) is 20.8 Å². The van der Waals surface area contributed by atoms with Crippen LogP contribution in [0, 0.1) is 5.41 Å². The van der Waals surface area contributed by atoms with Crippen LogP contribution in [0.1, 0.15) is 34.6 Å². The van der Waals surface area contributed by atoms with E-state index in [0.29, 0.717) is 11.5 Å². The highest BCUT2D eigenvalue weighted by molar-refractivity contribution is 4.97. The van der Waals surface area contributed by atoms with Crippen LogP contribution in [0.5, 0.6) is 0 Å². The molecule has 0 radical (unpaired) electrons. The maximum absolute atomic E-state index is 2.49. The van der Waals surface area contributed by atoms with Gasteiger partial charge < -0.3 is 0 Å². The Morgan fingerprint density at radius 2 is 1.62 bits per heavy atom. The predicted molar refractivity (Wildman–Crippen MR) is 57.7 cm³/mol. The van der Waals surface area contributed by atoms with Gasteiger partial charge in [0.2, 0.25) is 0 Å². The summed E-state index contributed by atoms with van der Waals surface area (Å²) >= 11 is 0. The zero-order valence-electron chi connectivity index (χ0n) is 10.2. The molecule has 1 rings (SSSR count). The summed E-state index contributed by atoms with van der Waals surface area (Å²) < 4.78 is 0. The van der Waals surface area contributed by atoms with Crippen molar-refractivity contribution in [2.24, 2.45) is 5.41 Å². The molecule has 0 bridgehead atoms. The zero-order chi connectivity index (χ0) is 10.4. The third kappa shape index (κ3) is 1.75. The minimum Gasteiger partial charge on any atom is -0.287 e. The van der Waals surface area contributed by atoms with Crippen LogP contribution in [-0.2, 0) is 0 Å². The van der Waals surface area contributed by atoms with Crippen molar-refractivity contribution in [1.82, 2.24) is 9.80 Å². The minimum absolute atomic E-state index is 0.206. The van der Waals surface area contributed by atoms with Gasteiger partial charge in [0.15, 0.2) is 0 Å². The summed E-state index contributed by atoms with van der Waals surface area (Å²) in [5.41, 5.74) is 0.578. The summed E-state index contributed by atoms with van der Waals surface area (Å²) in [6.45, 7) is 12.7. The Morgan fingerprint density at radius 1 is 1.15 bits per heavy atom. The summed E-state index contributed by atoms with van der Waals surface area (Å²) in [7, 11) is 4.45. The van der Waals surface area contributed by atoms with Crippen molar-refractivity contribution in [3.8, 4) is 0 Å². The van der Waals surface area contributed by atoms with E-state index in [4.69, 9.17) is 0 Å². The van der Waals surface area contributed by atoms with Crippen molar-refractivity contribution in [2.75, 3.05) is 20.6 Å². The van der Waals surface area contributed by atoms with Gasteiger partial charge in [-0.3, -0.25) is 9.80 Å². The first kappa shape index (κ1) is 11.0. The van der Waals surface area contributed by atoms with Crippen molar-refractivity contribution < 1.29 is 0 Å². The lowest BCUT2D eigenvalue weighted by atomic mass is 9.86. The molecule has 0 N–H and O–H groups in total. The maximum atomic E-state index is 2.49. The molecule has 0 saturated carbocycles. The Balaban J connectivity index is 2.86. The molecule has 0 amide bonds. The molecule has 1 fully saturated rings. The van der Waals surface area contributed by atoms with E-state index in [2.05, 4.69) is 58.5 Å². The Hall–Kier alpha value is -0.0800. The van der Waals surface area contributed by atoms with E-state index in [1.165, 1.54) is 6.54 Å². The summed E-state index contributed by atoms with van der Waals surface area (Å²) in [5.74, 6) is 0. The van der Waals surface area contributed by atoms with Crippen LogP contribution in [-0.4, -0.2) is 42.1 Å². The molecule has 1 aliphatic rings. The number of hydrogen-bond donors (Lipinski definition) is 0. The Labute approximate surface area is 82.9 Å². The highest BCUT2D eigenvalue weighted by Crippen LogP contribution is 2.35. The van der Waals surface area contributed by atoms with E-state index >= 15 is 0 Å². The van der Waals surface area contributed by atoms with Gasteiger partial charge in [0.25, 0.3) is 0 Å². The van der Waals surface area contributed by atoms with Crippen molar-refractivity contribution in [3.05, 3.63) is 0 Å². The van der Waals surface area contributed by atoms with E-state index in [1.54, 1.807) is 0 Å². The van der Waals surface area contributed by atoms with Gasteiger partial charge >= 0.3 is 0 Å².